The van der Waals surface area contributed by atoms with Crippen LogP contribution in [0.2, 0.25) is 0 Å². The summed E-state index contributed by atoms with van der Waals surface area (Å²) < 4.78 is 1.13. The van der Waals surface area contributed by atoms with Crippen molar-refractivity contribution in [1.29, 1.82) is 0 Å². The minimum absolute atomic E-state index is 0.178. The van der Waals surface area contributed by atoms with Gasteiger partial charge in [-0.25, -0.2) is 0 Å². The van der Waals surface area contributed by atoms with Gasteiger partial charge in [-0.3, -0.25) is 4.90 Å². The molecule has 0 bridgehead atoms. The van der Waals surface area contributed by atoms with Crippen LogP contribution in [0.15, 0.2) is 28.7 Å². The van der Waals surface area contributed by atoms with Gasteiger partial charge in [0.2, 0.25) is 0 Å². The molecule has 2 rings (SSSR count). The van der Waals surface area contributed by atoms with E-state index in [2.05, 4.69) is 59.1 Å². The lowest BCUT2D eigenvalue weighted by Gasteiger charge is -2.37. The quantitative estimate of drug-likeness (QED) is 0.920. The molecular weight excluding hydrogens is 308 g/mol. The summed E-state index contributed by atoms with van der Waals surface area (Å²) in [6, 6.07) is 8.56. The second kappa shape index (κ2) is 5.95. The number of rotatable bonds is 4. The second-order valence-corrected chi connectivity index (χ2v) is 7.58. The number of thioether (sulfide) groups is 1. The summed E-state index contributed by atoms with van der Waals surface area (Å²) in [6.07, 6.45) is 1.20. The largest absolute Gasteiger partial charge is 0.329 e. The highest BCUT2D eigenvalue weighted by atomic mass is 79.9. The van der Waals surface area contributed by atoms with Crippen LogP contribution in [0.4, 0.5) is 0 Å². The third kappa shape index (κ3) is 3.10. The number of hydrogen-bond acceptors (Lipinski definition) is 3. The fourth-order valence-corrected chi connectivity index (χ4v) is 4.29. The van der Waals surface area contributed by atoms with Crippen LogP contribution in [0.1, 0.15) is 18.9 Å². The van der Waals surface area contributed by atoms with E-state index >= 15 is 0 Å². The van der Waals surface area contributed by atoms with Gasteiger partial charge < -0.3 is 5.73 Å². The van der Waals surface area contributed by atoms with Crippen molar-refractivity contribution in [3.05, 3.63) is 34.3 Å². The Morgan fingerprint density at radius 2 is 2.11 bits per heavy atom. The van der Waals surface area contributed by atoms with Crippen LogP contribution in [-0.4, -0.2) is 35.0 Å². The summed E-state index contributed by atoms with van der Waals surface area (Å²) in [5.41, 5.74) is 7.57. The van der Waals surface area contributed by atoms with Gasteiger partial charge in [0, 0.05) is 34.1 Å². The molecule has 0 spiro atoms. The van der Waals surface area contributed by atoms with Gasteiger partial charge in [0.15, 0.2) is 0 Å². The van der Waals surface area contributed by atoms with Gasteiger partial charge in [-0.05, 0) is 31.2 Å². The van der Waals surface area contributed by atoms with Crippen molar-refractivity contribution in [2.45, 2.75) is 30.7 Å². The highest BCUT2D eigenvalue weighted by molar-refractivity contribution is 9.10. The van der Waals surface area contributed by atoms with Crippen LogP contribution in [0.3, 0.4) is 0 Å². The molecule has 0 radical (unpaired) electrons. The molecule has 1 saturated heterocycles. The third-order valence-electron chi connectivity index (χ3n) is 3.83. The zero-order valence-corrected chi connectivity index (χ0v) is 13.4. The maximum Gasteiger partial charge on any atom is 0.0432 e. The van der Waals surface area contributed by atoms with Crippen molar-refractivity contribution in [3.63, 3.8) is 0 Å². The SMILES string of the molecule is CC1CC(CN)(N(C)Cc2ccc(Br)cc2)CS1. The van der Waals surface area contributed by atoms with Crippen molar-refractivity contribution < 1.29 is 0 Å². The molecule has 0 aromatic heterocycles. The summed E-state index contributed by atoms with van der Waals surface area (Å²) in [4.78, 5) is 2.44. The Morgan fingerprint density at radius 1 is 1.44 bits per heavy atom. The summed E-state index contributed by atoms with van der Waals surface area (Å²) >= 11 is 5.51. The Bertz CT molecular complexity index is 395. The minimum Gasteiger partial charge on any atom is -0.329 e. The molecule has 4 heteroatoms. The monoisotopic (exact) mass is 328 g/mol. The number of nitrogens with zero attached hydrogens (tertiary/aromatic N) is 1. The van der Waals surface area contributed by atoms with Gasteiger partial charge in [0.05, 0.1) is 0 Å². The number of likely N-dealkylation sites (N-methyl/N-ethyl adjacent to an activating group) is 1. The summed E-state index contributed by atoms with van der Waals surface area (Å²) in [6.45, 7) is 4.02. The molecule has 2 atom stereocenters. The fraction of sp³-hybridized carbons (Fsp3) is 0.571. The van der Waals surface area contributed by atoms with E-state index in [0.717, 1.165) is 28.6 Å². The van der Waals surface area contributed by atoms with Gasteiger partial charge in [0.25, 0.3) is 0 Å². The van der Waals surface area contributed by atoms with Crippen molar-refractivity contribution in [2.75, 3.05) is 19.3 Å². The first kappa shape index (κ1) is 14.4. The van der Waals surface area contributed by atoms with Gasteiger partial charge >= 0.3 is 0 Å². The third-order valence-corrected chi connectivity index (χ3v) is 5.80. The van der Waals surface area contributed by atoms with E-state index in [0.29, 0.717) is 0 Å². The van der Waals surface area contributed by atoms with Gasteiger partial charge in [0.1, 0.15) is 0 Å². The van der Waals surface area contributed by atoms with E-state index in [4.69, 9.17) is 5.73 Å². The smallest absolute Gasteiger partial charge is 0.0432 e. The van der Waals surface area contributed by atoms with Crippen LogP contribution in [-0.2, 0) is 6.54 Å². The van der Waals surface area contributed by atoms with E-state index in [9.17, 15) is 0 Å². The average Bonchev–Trinajstić information content (AvgIpc) is 2.75. The van der Waals surface area contributed by atoms with Crippen LogP contribution in [0.25, 0.3) is 0 Å². The van der Waals surface area contributed by atoms with Crippen LogP contribution in [0, 0.1) is 0 Å². The topological polar surface area (TPSA) is 29.3 Å². The molecule has 100 valence electrons. The molecular formula is C14H21BrN2S. The van der Waals surface area contributed by atoms with E-state index in [-0.39, 0.29) is 5.54 Å². The Labute approximate surface area is 122 Å². The van der Waals surface area contributed by atoms with E-state index < -0.39 is 0 Å². The van der Waals surface area contributed by atoms with Gasteiger partial charge in [-0.2, -0.15) is 11.8 Å². The zero-order valence-electron chi connectivity index (χ0n) is 11.0. The Balaban J connectivity index is 2.06. The molecule has 1 fully saturated rings. The fourth-order valence-electron chi connectivity index (χ4n) is 2.55. The van der Waals surface area contributed by atoms with E-state index in [1.54, 1.807) is 0 Å². The molecule has 2 unspecified atom stereocenters. The molecule has 0 aliphatic carbocycles. The van der Waals surface area contributed by atoms with Crippen LogP contribution in [0.5, 0.6) is 0 Å². The molecule has 2 nitrogen and oxygen atoms in total. The summed E-state index contributed by atoms with van der Waals surface area (Å²) in [5, 5.41) is 0.723. The first-order valence-electron chi connectivity index (χ1n) is 6.33. The number of halogens is 1. The van der Waals surface area contributed by atoms with Crippen molar-refractivity contribution >= 4 is 27.7 Å². The first-order valence-corrected chi connectivity index (χ1v) is 8.17. The molecule has 18 heavy (non-hydrogen) atoms. The maximum atomic E-state index is 6.05. The Hall–Kier alpha value is -0.0300. The lowest BCUT2D eigenvalue weighted by molar-refractivity contribution is 0.139. The van der Waals surface area contributed by atoms with Crippen molar-refractivity contribution in [1.82, 2.24) is 4.90 Å². The molecule has 2 N–H and O–H groups in total. The van der Waals surface area contributed by atoms with Crippen molar-refractivity contribution in [3.8, 4) is 0 Å². The van der Waals surface area contributed by atoms with Crippen LogP contribution < -0.4 is 5.73 Å². The molecule has 1 aromatic rings. The highest BCUT2D eigenvalue weighted by Gasteiger charge is 2.40. The molecule has 0 amide bonds. The predicted molar refractivity (Wildman–Crippen MR) is 83.9 cm³/mol. The second-order valence-electron chi connectivity index (χ2n) is 5.24. The zero-order chi connectivity index (χ0) is 13.2. The first-order chi connectivity index (χ1) is 8.55. The molecule has 1 aromatic carbocycles. The Kier molecular flexibility index (Phi) is 4.75. The summed E-state index contributed by atoms with van der Waals surface area (Å²) in [5.74, 6) is 1.15. The lowest BCUT2D eigenvalue weighted by atomic mass is 9.94. The molecule has 1 heterocycles. The number of benzene rings is 1. The Morgan fingerprint density at radius 3 is 2.61 bits per heavy atom. The normalized spacial score (nSPS) is 27.9. The highest BCUT2D eigenvalue weighted by Crippen LogP contribution is 2.37. The summed E-state index contributed by atoms with van der Waals surface area (Å²) in [7, 11) is 2.20. The van der Waals surface area contributed by atoms with Crippen molar-refractivity contribution in [2.24, 2.45) is 5.73 Å². The van der Waals surface area contributed by atoms with E-state index in [1.165, 1.54) is 12.0 Å². The van der Waals surface area contributed by atoms with Crippen LogP contribution >= 0.6 is 27.7 Å². The molecule has 1 aliphatic heterocycles. The predicted octanol–water partition coefficient (Wildman–Crippen LogP) is 3.10. The number of hydrogen-bond donors (Lipinski definition) is 1. The minimum atomic E-state index is 0.178. The van der Waals surface area contributed by atoms with E-state index in [1.807, 2.05) is 11.8 Å². The standard InChI is InChI=1S/C14H21BrN2S/c1-11-7-14(9-16,10-18-11)17(2)8-12-3-5-13(15)6-4-12/h3-6,11H,7-10,16H2,1-2H3. The van der Waals surface area contributed by atoms with Gasteiger partial charge in [-0.1, -0.05) is 35.0 Å². The molecule has 0 saturated carbocycles. The lowest BCUT2D eigenvalue weighted by Crippen LogP contribution is -2.52. The number of nitrogens with two attached hydrogens (primary N) is 1. The average molecular weight is 329 g/mol. The van der Waals surface area contributed by atoms with Gasteiger partial charge in [-0.15, -0.1) is 0 Å². The maximum absolute atomic E-state index is 6.05. The molecule has 1 aliphatic rings.